The molecule has 1 aromatic heterocycles. The largest absolute Gasteiger partial charge is 0.467 e. The van der Waals surface area contributed by atoms with Crippen molar-refractivity contribution in [3.8, 4) is 0 Å². The fourth-order valence-electron chi connectivity index (χ4n) is 1.31. The number of nitrogens with two attached hydrogens (primary N) is 1. The summed E-state index contributed by atoms with van der Waals surface area (Å²) in [5, 5.41) is 3.06. The van der Waals surface area contributed by atoms with E-state index in [0.29, 0.717) is 12.1 Å². The Morgan fingerprint density at radius 2 is 2.38 bits per heavy atom. The number of furan rings is 1. The van der Waals surface area contributed by atoms with Crippen LogP contribution in [-0.4, -0.2) is 38.0 Å². The predicted molar refractivity (Wildman–Crippen MR) is 60.6 cm³/mol. The first-order valence-electron chi connectivity index (χ1n) is 5.09. The Morgan fingerprint density at radius 3 is 3.00 bits per heavy atom. The Labute approximate surface area is 94.7 Å². The topological polar surface area (TPSA) is 83.5 Å². The van der Waals surface area contributed by atoms with E-state index in [0.717, 1.165) is 18.8 Å². The van der Waals surface area contributed by atoms with Gasteiger partial charge in [-0.05, 0) is 20.2 Å². The summed E-state index contributed by atoms with van der Waals surface area (Å²) in [6.45, 7) is 2.49. The number of nitrogens with zero attached hydrogens (tertiary/aromatic N) is 1. The van der Waals surface area contributed by atoms with Gasteiger partial charge in [-0.2, -0.15) is 0 Å². The Bertz CT molecular complexity index is 337. The molecule has 0 aromatic carbocycles. The van der Waals surface area contributed by atoms with Gasteiger partial charge in [0, 0.05) is 13.1 Å². The Hall–Kier alpha value is -1.37. The molecule has 6 nitrogen and oxygen atoms in total. The van der Waals surface area contributed by atoms with Crippen LogP contribution in [0.5, 0.6) is 0 Å². The van der Waals surface area contributed by atoms with E-state index in [9.17, 15) is 4.79 Å². The number of hydrogen-bond donors (Lipinski definition) is 3. The van der Waals surface area contributed by atoms with Crippen molar-refractivity contribution < 1.29 is 9.21 Å². The van der Waals surface area contributed by atoms with Crippen molar-refractivity contribution in [1.82, 2.24) is 15.6 Å². The third-order valence-electron chi connectivity index (χ3n) is 2.22. The molecule has 0 fully saturated rings. The smallest absolute Gasteiger partial charge is 0.268 e. The van der Waals surface area contributed by atoms with E-state index >= 15 is 0 Å². The third kappa shape index (κ3) is 3.65. The monoisotopic (exact) mass is 226 g/mol. The van der Waals surface area contributed by atoms with E-state index in [1.54, 1.807) is 6.07 Å². The van der Waals surface area contributed by atoms with Crippen molar-refractivity contribution in [1.29, 1.82) is 0 Å². The first-order chi connectivity index (χ1) is 7.67. The van der Waals surface area contributed by atoms with Gasteiger partial charge in [0.25, 0.3) is 5.91 Å². The maximum Gasteiger partial charge on any atom is 0.268 e. The molecule has 1 aromatic rings. The molecular formula is C10H18N4O2. The lowest BCUT2D eigenvalue weighted by Crippen LogP contribution is -2.29. The number of hydrogen-bond acceptors (Lipinski definition) is 5. The molecule has 0 spiro atoms. The molecule has 0 aliphatic heterocycles. The maximum atomic E-state index is 11.2. The summed E-state index contributed by atoms with van der Waals surface area (Å²) >= 11 is 0. The van der Waals surface area contributed by atoms with Crippen molar-refractivity contribution in [2.75, 3.05) is 27.2 Å². The lowest BCUT2D eigenvalue weighted by atomic mass is 10.3. The van der Waals surface area contributed by atoms with Gasteiger partial charge < -0.3 is 9.73 Å². The van der Waals surface area contributed by atoms with E-state index in [-0.39, 0.29) is 5.91 Å². The van der Waals surface area contributed by atoms with Gasteiger partial charge in [0.05, 0.1) is 12.1 Å². The minimum Gasteiger partial charge on any atom is -0.467 e. The maximum absolute atomic E-state index is 11.2. The molecular weight excluding hydrogens is 208 g/mol. The van der Waals surface area contributed by atoms with Gasteiger partial charge in [-0.3, -0.25) is 15.1 Å². The van der Waals surface area contributed by atoms with Crippen LogP contribution in [0, 0.1) is 0 Å². The van der Waals surface area contributed by atoms with E-state index in [1.807, 2.05) is 14.1 Å². The molecule has 4 N–H and O–H groups in total. The summed E-state index contributed by atoms with van der Waals surface area (Å²) in [6.07, 6.45) is 1.41. The van der Waals surface area contributed by atoms with Crippen LogP contribution in [0.25, 0.3) is 0 Å². The fourth-order valence-corrected chi connectivity index (χ4v) is 1.31. The highest BCUT2D eigenvalue weighted by Crippen LogP contribution is 2.09. The first-order valence-corrected chi connectivity index (χ1v) is 5.09. The molecule has 16 heavy (non-hydrogen) atoms. The molecule has 0 bridgehead atoms. The lowest BCUT2D eigenvalue weighted by molar-refractivity contribution is 0.0953. The molecule has 0 saturated carbocycles. The standard InChI is InChI=1S/C10H18N4O2/c1-12-3-4-14(2)6-9-5-8(7-16-9)10(15)13-11/h5,7,12H,3-4,6,11H2,1-2H3,(H,13,15). The summed E-state index contributed by atoms with van der Waals surface area (Å²) in [7, 11) is 3.90. The molecule has 1 heterocycles. The number of carbonyl (C=O) groups excluding carboxylic acids is 1. The average molecular weight is 226 g/mol. The second kappa shape index (κ2) is 6.26. The zero-order valence-electron chi connectivity index (χ0n) is 9.62. The van der Waals surface area contributed by atoms with Gasteiger partial charge >= 0.3 is 0 Å². The Balaban J connectivity index is 2.48. The van der Waals surface area contributed by atoms with Crippen LogP contribution in [0.15, 0.2) is 16.7 Å². The van der Waals surface area contributed by atoms with Gasteiger partial charge in [0.1, 0.15) is 12.0 Å². The van der Waals surface area contributed by atoms with Crippen molar-refractivity contribution in [3.05, 3.63) is 23.7 Å². The highest BCUT2D eigenvalue weighted by molar-refractivity contribution is 5.93. The first kappa shape index (κ1) is 12.7. The SMILES string of the molecule is CNCCN(C)Cc1cc(C(=O)NN)co1. The summed E-state index contributed by atoms with van der Waals surface area (Å²) in [5.41, 5.74) is 2.50. The molecule has 0 unspecified atom stereocenters. The van der Waals surface area contributed by atoms with E-state index in [1.165, 1.54) is 6.26 Å². The van der Waals surface area contributed by atoms with Gasteiger partial charge in [0.15, 0.2) is 0 Å². The van der Waals surface area contributed by atoms with E-state index in [2.05, 4.69) is 15.6 Å². The van der Waals surface area contributed by atoms with Gasteiger partial charge in [-0.1, -0.05) is 0 Å². The minimum absolute atomic E-state index is 0.340. The quantitative estimate of drug-likeness (QED) is 0.347. The van der Waals surface area contributed by atoms with Crippen LogP contribution in [-0.2, 0) is 6.54 Å². The number of amides is 1. The van der Waals surface area contributed by atoms with Gasteiger partial charge in [-0.25, -0.2) is 5.84 Å². The summed E-state index contributed by atoms with van der Waals surface area (Å²) in [6, 6.07) is 1.69. The van der Waals surface area contributed by atoms with E-state index < -0.39 is 0 Å². The predicted octanol–water partition coefficient (Wildman–Crippen LogP) is -0.466. The molecule has 1 amide bonds. The molecule has 1 rings (SSSR count). The Morgan fingerprint density at radius 1 is 1.62 bits per heavy atom. The molecule has 6 heteroatoms. The number of carbonyl (C=O) groups is 1. The Kier molecular flexibility index (Phi) is 4.97. The fraction of sp³-hybridized carbons (Fsp3) is 0.500. The van der Waals surface area contributed by atoms with Gasteiger partial charge in [-0.15, -0.1) is 0 Å². The van der Waals surface area contributed by atoms with Crippen LogP contribution < -0.4 is 16.6 Å². The molecule has 90 valence electrons. The molecule has 0 aliphatic carbocycles. The lowest BCUT2D eigenvalue weighted by Gasteiger charge is -2.13. The number of rotatable bonds is 6. The van der Waals surface area contributed by atoms with Crippen LogP contribution in [0.4, 0.5) is 0 Å². The van der Waals surface area contributed by atoms with Crippen LogP contribution in [0.2, 0.25) is 0 Å². The zero-order chi connectivity index (χ0) is 12.0. The van der Waals surface area contributed by atoms with Crippen LogP contribution in [0.3, 0.4) is 0 Å². The highest BCUT2D eigenvalue weighted by Gasteiger charge is 2.09. The summed E-state index contributed by atoms with van der Waals surface area (Å²) in [4.78, 5) is 13.3. The molecule has 0 saturated heterocycles. The number of nitrogens with one attached hydrogen (secondary N) is 2. The molecule has 0 radical (unpaired) electrons. The van der Waals surface area contributed by atoms with Crippen LogP contribution >= 0.6 is 0 Å². The molecule has 0 aliphatic rings. The number of hydrazine groups is 1. The van der Waals surface area contributed by atoms with Crippen molar-refractivity contribution in [3.63, 3.8) is 0 Å². The highest BCUT2D eigenvalue weighted by atomic mass is 16.3. The average Bonchev–Trinajstić information content (AvgIpc) is 2.73. The third-order valence-corrected chi connectivity index (χ3v) is 2.22. The van der Waals surface area contributed by atoms with Crippen molar-refractivity contribution in [2.45, 2.75) is 6.54 Å². The summed E-state index contributed by atoms with van der Waals surface area (Å²) < 4.78 is 5.26. The minimum atomic E-state index is -0.340. The normalized spacial score (nSPS) is 10.8. The number of likely N-dealkylation sites (N-methyl/N-ethyl adjacent to an activating group) is 2. The second-order valence-electron chi connectivity index (χ2n) is 3.62. The zero-order valence-corrected chi connectivity index (χ0v) is 9.62. The number of nitrogen functional groups attached to an aromatic ring is 1. The van der Waals surface area contributed by atoms with Crippen molar-refractivity contribution in [2.24, 2.45) is 5.84 Å². The van der Waals surface area contributed by atoms with Crippen LogP contribution in [0.1, 0.15) is 16.1 Å². The summed E-state index contributed by atoms with van der Waals surface area (Å²) in [5.74, 6) is 5.43. The second-order valence-corrected chi connectivity index (χ2v) is 3.62. The van der Waals surface area contributed by atoms with Crippen molar-refractivity contribution >= 4 is 5.91 Å². The van der Waals surface area contributed by atoms with Gasteiger partial charge in [0.2, 0.25) is 0 Å². The molecule has 0 atom stereocenters. The van der Waals surface area contributed by atoms with E-state index in [4.69, 9.17) is 10.3 Å².